The first-order valence-corrected chi connectivity index (χ1v) is 5.94. The lowest BCUT2D eigenvalue weighted by Crippen LogP contribution is -2.19. The van der Waals surface area contributed by atoms with Gasteiger partial charge in [0, 0.05) is 12.7 Å². The normalized spacial score (nSPS) is 16.8. The SMILES string of the molecule is COCOc1c(CO)cccc1C1OCCCO1. The maximum absolute atomic E-state index is 9.34. The monoisotopic (exact) mass is 254 g/mol. The van der Waals surface area contributed by atoms with Crippen molar-refractivity contribution in [3.8, 4) is 5.75 Å². The van der Waals surface area contributed by atoms with Gasteiger partial charge in [-0.3, -0.25) is 0 Å². The van der Waals surface area contributed by atoms with E-state index in [1.807, 2.05) is 12.1 Å². The van der Waals surface area contributed by atoms with Crippen molar-refractivity contribution < 1.29 is 24.1 Å². The number of ether oxygens (including phenoxy) is 4. The van der Waals surface area contributed by atoms with Gasteiger partial charge in [0.15, 0.2) is 13.1 Å². The lowest BCUT2D eigenvalue weighted by atomic mass is 10.1. The first-order chi connectivity index (χ1) is 8.86. The Kier molecular flexibility index (Phi) is 4.95. The molecule has 5 heteroatoms. The van der Waals surface area contributed by atoms with Crippen LogP contribution in [0.2, 0.25) is 0 Å². The molecule has 0 spiro atoms. The summed E-state index contributed by atoms with van der Waals surface area (Å²) in [5.41, 5.74) is 1.49. The van der Waals surface area contributed by atoms with E-state index >= 15 is 0 Å². The molecule has 1 aromatic rings. The minimum absolute atomic E-state index is 0.0976. The summed E-state index contributed by atoms with van der Waals surface area (Å²) in [7, 11) is 1.55. The van der Waals surface area contributed by atoms with E-state index in [1.54, 1.807) is 13.2 Å². The van der Waals surface area contributed by atoms with Gasteiger partial charge in [-0.2, -0.15) is 0 Å². The van der Waals surface area contributed by atoms with Crippen molar-refractivity contribution in [2.45, 2.75) is 19.3 Å². The van der Waals surface area contributed by atoms with Gasteiger partial charge in [0.2, 0.25) is 0 Å². The molecule has 100 valence electrons. The molecule has 0 bridgehead atoms. The quantitative estimate of drug-likeness (QED) is 0.809. The third-order valence-corrected chi connectivity index (χ3v) is 2.70. The van der Waals surface area contributed by atoms with Crippen molar-refractivity contribution in [2.24, 2.45) is 0 Å². The molecular formula is C13H18O5. The lowest BCUT2D eigenvalue weighted by Gasteiger charge is -2.26. The van der Waals surface area contributed by atoms with E-state index in [0.29, 0.717) is 24.5 Å². The molecule has 1 heterocycles. The summed E-state index contributed by atoms with van der Waals surface area (Å²) in [5.74, 6) is 0.578. The maximum Gasteiger partial charge on any atom is 0.188 e. The van der Waals surface area contributed by atoms with Gasteiger partial charge >= 0.3 is 0 Å². The number of para-hydroxylation sites is 1. The second-order valence-electron chi connectivity index (χ2n) is 3.97. The summed E-state index contributed by atoms with van der Waals surface area (Å²) in [4.78, 5) is 0. The lowest BCUT2D eigenvalue weighted by molar-refractivity contribution is -0.184. The predicted octanol–water partition coefficient (Wildman–Crippen LogP) is 1.60. The number of hydrogen-bond acceptors (Lipinski definition) is 5. The Hall–Kier alpha value is -1.14. The zero-order valence-electron chi connectivity index (χ0n) is 10.4. The average molecular weight is 254 g/mol. The van der Waals surface area contributed by atoms with E-state index in [2.05, 4.69) is 0 Å². The summed E-state index contributed by atoms with van der Waals surface area (Å²) in [6, 6.07) is 5.53. The summed E-state index contributed by atoms with van der Waals surface area (Å²) in [5, 5.41) is 9.34. The van der Waals surface area contributed by atoms with Crippen molar-refractivity contribution in [1.82, 2.24) is 0 Å². The number of aliphatic hydroxyl groups excluding tert-OH is 1. The predicted molar refractivity (Wildman–Crippen MR) is 64.1 cm³/mol. The van der Waals surface area contributed by atoms with E-state index < -0.39 is 6.29 Å². The van der Waals surface area contributed by atoms with Crippen molar-refractivity contribution in [3.05, 3.63) is 29.3 Å². The number of methoxy groups -OCH3 is 1. The third kappa shape index (κ3) is 3.00. The highest BCUT2D eigenvalue weighted by Crippen LogP contribution is 2.33. The van der Waals surface area contributed by atoms with Crippen molar-refractivity contribution in [3.63, 3.8) is 0 Å². The minimum atomic E-state index is -0.433. The Morgan fingerprint density at radius 3 is 2.78 bits per heavy atom. The van der Waals surface area contributed by atoms with Crippen LogP contribution in [0.4, 0.5) is 0 Å². The molecular weight excluding hydrogens is 236 g/mol. The zero-order chi connectivity index (χ0) is 12.8. The molecule has 1 N–H and O–H groups in total. The van der Waals surface area contributed by atoms with Gasteiger partial charge in [-0.25, -0.2) is 0 Å². The van der Waals surface area contributed by atoms with E-state index in [1.165, 1.54) is 0 Å². The Morgan fingerprint density at radius 2 is 2.11 bits per heavy atom. The van der Waals surface area contributed by atoms with Crippen molar-refractivity contribution in [2.75, 3.05) is 27.1 Å². The molecule has 0 radical (unpaired) electrons. The van der Waals surface area contributed by atoms with Crippen molar-refractivity contribution >= 4 is 0 Å². The molecule has 0 unspecified atom stereocenters. The fourth-order valence-corrected chi connectivity index (χ4v) is 1.88. The molecule has 0 atom stereocenters. The molecule has 0 aliphatic carbocycles. The van der Waals surface area contributed by atoms with Gasteiger partial charge in [-0.05, 0) is 6.42 Å². The minimum Gasteiger partial charge on any atom is -0.467 e. The van der Waals surface area contributed by atoms with Gasteiger partial charge in [0.1, 0.15) is 5.75 Å². The molecule has 1 aromatic carbocycles. The standard InChI is InChI=1S/C13H18O5/c1-15-9-18-12-10(8-14)4-2-5-11(12)13-16-6-3-7-17-13/h2,4-5,13-14H,3,6-9H2,1H3. The fraction of sp³-hybridized carbons (Fsp3) is 0.538. The molecule has 1 aliphatic heterocycles. The Morgan fingerprint density at radius 1 is 1.33 bits per heavy atom. The molecule has 5 nitrogen and oxygen atoms in total. The second kappa shape index (κ2) is 6.70. The molecule has 1 aliphatic rings. The number of hydrogen-bond donors (Lipinski definition) is 1. The first-order valence-electron chi connectivity index (χ1n) is 5.94. The highest BCUT2D eigenvalue weighted by Gasteiger charge is 2.22. The van der Waals surface area contributed by atoms with Crippen LogP contribution in [0.1, 0.15) is 23.8 Å². The summed E-state index contributed by atoms with van der Waals surface area (Å²) in [6.45, 7) is 1.35. The van der Waals surface area contributed by atoms with Crippen LogP contribution in [-0.4, -0.2) is 32.2 Å². The van der Waals surface area contributed by atoms with Gasteiger partial charge in [-0.1, -0.05) is 18.2 Å². The topological polar surface area (TPSA) is 57.2 Å². The highest BCUT2D eigenvalue weighted by atomic mass is 16.7. The maximum atomic E-state index is 9.34. The molecule has 0 amide bonds. The average Bonchev–Trinajstić information content (AvgIpc) is 2.45. The third-order valence-electron chi connectivity index (χ3n) is 2.70. The van der Waals surface area contributed by atoms with Crippen LogP contribution in [0.5, 0.6) is 5.75 Å². The van der Waals surface area contributed by atoms with Crippen LogP contribution in [0.25, 0.3) is 0 Å². The highest BCUT2D eigenvalue weighted by molar-refractivity contribution is 5.42. The molecule has 18 heavy (non-hydrogen) atoms. The zero-order valence-corrected chi connectivity index (χ0v) is 10.4. The molecule has 1 fully saturated rings. The van der Waals surface area contributed by atoms with E-state index in [0.717, 1.165) is 12.0 Å². The van der Waals surface area contributed by atoms with Crippen LogP contribution in [0.3, 0.4) is 0 Å². The van der Waals surface area contributed by atoms with Gasteiger partial charge in [0.05, 0.1) is 25.4 Å². The van der Waals surface area contributed by atoms with E-state index in [-0.39, 0.29) is 13.4 Å². The first kappa shape index (κ1) is 13.3. The molecule has 0 saturated carbocycles. The van der Waals surface area contributed by atoms with Crippen LogP contribution in [0, 0.1) is 0 Å². The Labute approximate surface area is 106 Å². The van der Waals surface area contributed by atoms with E-state index in [4.69, 9.17) is 18.9 Å². The summed E-state index contributed by atoms with van der Waals surface area (Å²) in [6.07, 6.45) is 0.460. The molecule has 1 saturated heterocycles. The van der Waals surface area contributed by atoms with Crippen LogP contribution < -0.4 is 4.74 Å². The van der Waals surface area contributed by atoms with Crippen molar-refractivity contribution in [1.29, 1.82) is 0 Å². The number of rotatable bonds is 5. The number of benzene rings is 1. The van der Waals surface area contributed by atoms with Crippen LogP contribution >= 0.6 is 0 Å². The molecule has 0 aromatic heterocycles. The van der Waals surface area contributed by atoms with E-state index in [9.17, 15) is 5.11 Å². The van der Waals surface area contributed by atoms with Crippen LogP contribution in [0.15, 0.2) is 18.2 Å². The van der Waals surface area contributed by atoms with Gasteiger partial charge < -0.3 is 24.1 Å². The summed E-state index contributed by atoms with van der Waals surface area (Å²) >= 11 is 0. The largest absolute Gasteiger partial charge is 0.467 e. The smallest absolute Gasteiger partial charge is 0.188 e. The molecule has 2 rings (SSSR count). The fourth-order valence-electron chi connectivity index (χ4n) is 1.88. The van der Waals surface area contributed by atoms with Gasteiger partial charge in [-0.15, -0.1) is 0 Å². The van der Waals surface area contributed by atoms with Crippen LogP contribution in [-0.2, 0) is 20.8 Å². The Bertz CT molecular complexity index is 374. The second-order valence-corrected chi connectivity index (χ2v) is 3.97. The summed E-state index contributed by atoms with van der Waals surface area (Å²) < 4.78 is 21.5. The number of aliphatic hydroxyl groups is 1. The Balaban J connectivity index is 2.25. The van der Waals surface area contributed by atoms with Gasteiger partial charge in [0.25, 0.3) is 0 Å².